The van der Waals surface area contributed by atoms with Gasteiger partial charge >= 0.3 is 6.16 Å². The van der Waals surface area contributed by atoms with Crippen LogP contribution in [-0.2, 0) is 10.2 Å². The third kappa shape index (κ3) is 14.4. The minimum absolute atomic E-state index is 0.0523. The van der Waals surface area contributed by atoms with E-state index >= 15 is 0 Å². The number of anilines is 6. The fourth-order valence-electron chi connectivity index (χ4n) is 11.9. The van der Waals surface area contributed by atoms with Crippen LogP contribution in [0.1, 0.15) is 101 Å². The molecule has 11 rings (SSSR count). The van der Waals surface area contributed by atoms with E-state index in [4.69, 9.17) is 18.9 Å². The first-order valence-corrected chi connectivity index (χ1v) is 30.5. The standard InChI is InChI=1S/C81H76N2O6/c1-55-9-35-68(36-10-55)82(69-37-11-56(2)12-38-69)72-43-17-59(18-44-72)53-77(63-27-47-74(86-7)48-28-63)61-21-23-62(24-22-61)78(54-60-19-45-73(46-20-60)83(70-39-13-57(3)14-40-70)71-41-15-58(4)16-42-71)64-29-49-75(50-30-64)88-80(85)89-76-51-33-67(34-52-76)81(5,6)66-31-25-65(26-32-66)79(84)87-8/h9-24,27-30,33-54,66,84H,25-26,31-32H2,1-8H3. The van der Waals surface area contributed by atoms with Gasteiger partial charge in [0, 0.05) is 39.7 Å². The molecule has 8 nitrogen and oxygen atoms in total. The van der Waals surface area contributed by atoms with E-state index in [2.05, 4.69) is 245 Å². The van der Waals surface area contributed by atoms with Crippen molar-refractivity contribution < 1.29 is 28.8 Å². The highest BCUT2D eigenvalue weighted by Gasteiger charge is 2.34. The number of aliphatic hydroxyl groups excluding tert-OH is 1. The zero-order valence-electron chi connectivity index (χ0n) is 52.0. The maximum atomic E-state index is 13.4. The van der Waals surface area contributed by atoms with Gasteiger partial charge in [-0.2, -0.15) is 0 Å². The first kappa shape index (κ1) is 60.4. The van der Waals surface area contributed by atoms with Crippen LogP contribution in [0.2, 0.25) is 0 Å². The van der Waals surface area contributed by atoms with Crippen molar-refractivity contribution in [2.45, 2.75) is 72.6 Å². The Balaban J connectivity index is 0.893. The van der Waals surface area contributed by atoms with Crippen molar-refractivity contribution in [3.63, 3.8) is 0 Å². The number of benzene rings is 10. The lowest BCUT2D eigenvalue weighted by atomic mass is 9.67. The quantitative estimate of drug-likeness (QED) is 0.0394. The summed E-state index contributed by atoms with van der Waals surface area (Å²) in [5.74, 6) is 2.00. The Bertz CT molecular complexity index is 4010. The SMILES string of the molecule is COC(O)=C1CCC(C(C)(C)c2ccc(OC(=O)Oc3ccc(C(=Cc4ccc(N(c5ccc(C)cc5)c5ccc(C)cc5)cc4)c4ccc(C(=Cc5ccc(N(c6ccc(C)cc6)c6ccc(C)cc6)cc5)c5ccc(OC)cc5)cc4)cc3)cc2)CC1. The van der Waals surface area contributed by atoms with Crippen LogP contribution in [0.5, 0.6) is 17.2 Å². The molecule has 0 heterocycles. The molecule has 89 heavy (non-hydrogen) atoms. The fourth-order valence-corrected chi connectivity index (χ4v) is 11.9. The number of methoxy groups -OCH3 is 2. The highest BCUT2D eigenvalue weighted by atomic mass is 16.7. The summed E-state index contributed by atoms with van der Waals surface area (Å²) in [5.41, 5.74) is 21.4. The summed E-state index contributed by atoms with van der Waals surface area (Å²) >= 11 is 0. The number of hydrogen-bond acceptors (Lipinski definition) is 8. The van der Waals surface area contributed by atoms with E-state index in [-0.39, 0.29) is 11.4 Å². The molecule has 0 aliphatic heterocycles. The summed E-state index contributed by atoms with van der Waals surface area (Å²) < 4.78 is 22.2. The van der Waals surface area contributed by atoms with Crippen LogP contribution in [0.4, 0.5) is 38.9 Å². The molecule has 1 aliphatic rings. The maximum Gasteiger partial charge on any atom is 0.519 e. The van der Waals surface area contributed by atoms with E-state index < -0.39 is 6.16 Å². The minimum atomic E-state index is -0.825. The van der Waals surface area contributed by atoms with Crippen LogP contribution in [0.15, 0.2) is 254 Å². The molecule has 10 aromatic rings. The second kappa shape index (κ2) is 27.2. The molecule has 0 amide bonds. The fraction of sp³-hybridized carbons (Fsp3) is 0.173. The van der Waals surface area contributed by atoms with Crippen molar-refractivity contribution in [3.05, 3.63) is 315 Å². The number of aryl methyl sites for hydroxylation is 4. The summed E-state index contributed by atoms with van der Waals surface area (Å²) in [4.78, 5) is 18.0. The highest BCUT2D eigenvalue weighted by molar-refractivity contribution is 5.95. The van der Waals surface area contributed by atoms with Crippen LogP contribution in [0.3, 0.4) is 0 Å². The first-order valence-electron chi connectivity index (χ1n) is 30.5. The van der Waals surface area contributed by atoms with Gasteiger partial charge in [-0.25, -0.2) is 4.79 Å². The van der Waals surface area contributed by atoms with E-state index in [9.17, 15) is 9.90 Å². The largest absolute Gasteiger partial charge is 0.519 e. The molecule has 0 bridgehead atoms. The Hall–Kier alpha value is -10.3. The minimum Gasteiger partial charge on any atom is -0.497 e. The third-order valence-electron chi connectivity index (χ3n) is 17.3. The number of hydrogen-bond donors (Lipinski definition) is 1. The molecule has 0 aromatic heterocycles. The molecular weight excluding hydrogens is 1100 g/mol. The van der Waals surface area contributed by atoms with Gasteiger partial charge in [0.25, 0.3) is 5.95 Å². The Labute approximate surface area is 524 Å². The van der Waals surface area contributed by atoms with Crippen LogP contribution >= 0.6 is 0 Å². The Morgan fingerprint density at radius 3 is 1.02 bits per heavy atom. The number of carbonyl (C=O) groups excluding carboxylic acids is 1. The average Bonchev–Trinajstić information content (AvgIpc) is 2.37. The molecule has 1 fully saturated rings. The van der Waals surface area contributed by atoms with Crippen molar-refractivity contribution in [1.29, 1.82) is 0 Å². The van der Waals surface area contributed by atoms with Gasteiger partial charge in [-0.3, -0.25) is 0 Å². The maximum absolute atomic E-state index is 13.4. The van der Waals surface area contributed by atoms with Crippen molar-refractivity contribution in [3.8, 4) is 17.2 Å². The first-order chi connectivity index (χ1) is 43.2. The number of aliphatic hydroxyl groups is 1. The molecular formula is C81H76N2O6. The van der Waals surface area contributed by atoms with Crippen molar-refractivity contribution >= 4 is 63.6 Å². The summed E-state index contributed by atoms with van der Waals surface area (Å²) in [6.45, 7) is 12.9. The molecule has 0 saturated heterocycles. The molecule has 1 aliphatic carbocycles. The van der Waals surface area contributed by atoms with Crippen LogP contribution in [0.25, 0.3) is 23.3 Å². The zero-order valence-corrected chi connectivity index (χ0v) is 52.0. The molecule has 1 N–H and O–H groups in total. The van der Waals surface area contributed by atoms with Gasteiger partial charge in [-0.05, 0) is 236 Å². The van der Waals surface area contributed by atoms with Crippen LogP contribution in [0, 0.1) is 33.6 Å². The molecule has 1 saturated carbocycles. The van der Waals surface area contributed by atoms with Gasteiger partial charge in [0.05, 0.1) is 14.2 Å². The van der Waals surface area contributed by atoms with Gasteiger partial charge in [0.1, 0.15) is 17.2 Å². The monoisotopic (exact) mass is 1170 g/mol. The van der Waals surface area contributed by atoms with E-state index in [1.165, 1.54) is 29.4 Å². The topological polar surface area (TPSA) is 80.7 Å². The van der Waals surface area contributed by atoms with E-state index in [1.807, 2.05) is 60.7 Å². The van der Waals surface area contributed by atoms with E-state index in [0.29, 0.717) is 17.4 Å². The predicted molar refractivity (Wildman–Crippen MR) is 366 cm³/mol. The number of allylic oxidation sites excluding steroid dienone is 1. The van der Waals surface area contributed by atoms with Crippen molar-refractivity contribution in [1.82, 2.24) is 0 Å². The molecule has 0 unspecified atom stereocenters. The van der Waals surface area contributed by atoms with Crippen LogP contribution < -0.4 is 24.0 Å². The van der Waals surface area contributed by atoms with Gasteiger partial charge in [-0.15, -0.1) is 0 Å². The summed E-state index contributed by atoms with van der Waals surface area (Å²) in [6, 6.07) is 84.2. The Kier molecular flexibility index (Phi) is 18.4. The Morgan fingerprint density at radius 1 is 0.416 bits per heavy atom. The molecule has 10 aromatic carbocycles. The van der Waals surface area contributed by atoms with Gasteiger partial charge in [0.2, 0.25) is 0 Å². The Morgan fingerprint density at radius 2 is 0.708 bits per heavy atom. The number of ether oxygens (including phenoxy) is 4. The van der Waals surface area contributed by atoms with Gasteiger partial charge in [-0.1, -0.05) is 170 Å². The lowest BCUT2D eigenvalue weighted by Crippen LogP contribution is -2.31. The zero-order chi connectivity index (χ0) is 62.0. The average molecular weight is 1170 g/mol. The predicted octanol–water partition coefficient (Wildman–Crippen LogP) is 21.5. The summed E-state index contributed by atoms with van der Waals surface area (Å²) in [6.07, 6.45) is 7.14. The van der Waals surface area contributed by atoms with Crippen molar-refractivity contribution in [2.24, 2.45) is 5.92 Å². The highest BCUT2D eigenvalue weighted by Crippen LogP contribution is 2.44. The smallest absolute Gasteiger partial charge is 0.497 e. The van der Waals surface area contributed by atoms with E-state index in [1.54, 1.807) is 7.11 Å². The molecule has 8 heteroatoms. The number of rotatable bonds is 18. The lowest BCUT2D eigenvalue weighted by Gasteiger charge is -2.38. The van der Waals surface area contributed by atoms with Crippen molar-refractivity contribution in [2.75, 3.05) is 24.0 Å². The lowest BCUT2D eigenvalue weighted by molar-refractivity contribution is 0.123. The molecule has 0 radical (unpaired) electrons. The molecule has 446 valence electrons. The molecule has 0 spiro atoms. The summed E-state index contributed by atoms with van der Waals surface area (Å²) in [7, 11) is 3.19. The third-order valence-corrected chi connectivity index (χ3v) is 17.3. The summed E-state index contributed by atoms with van der Waals surface area (Å²) in [5, 5.41) is 10.1. The second-order valence-electron chi connectivity index (χ2n) is 23.7. The van der Waals surface area contributed by atoms with Gasteiger partial charge < -0.3 is 33.9 Å². The van der Waals surface area contributed by atoms with E-state index in [0.717, 1.165) is 121 Å². The second-order valence-corrected chi connectivity index (χ2v) is 23.7. The number of nitrogens with zero attached hydrogens (tertiary/aromatic N) is 2. The normalized spacial score (nSPS) is 13.5. The number of carbonyl (C=O) groups is 1. The van der Waals surface area contributed by atoms with Crippen LogP contribution in [-0.4, -0.2) is 25.5 Å². The van der Waals surface area contributed by atoms with Gasteiger partial charge in [0.15, 0.2) is 0 Å². The molecule has 0 atom stereocenters.